The maximum Gasteiger partial charge on any atom is 0.330 e. The highest BCUT2D eigenvalue weighted by Crippen LogP contribution is 2.63. The molecule has 1 aliphatic carbocycles. The highest BCUT2D eigenvalue weighted by atomic mass is 16.7. The van der Waals surface area contributed by atoms with Crippen molar-refractivity contribution in [2.24, 2.45) is 10.5 Å². The first-order chi connectivity index (χ1) is 20.9. The van der Waals surface area contributed by atoms with Gasteiger partial charge in [-0.25, -0.2) is 0 Å². The molecule has 0 N–H and O–H groups in total. The Labute approximate surface area is 249 Å². The molecule has 7 rings (SSSR count). The van der Waals surface area contributed by atoms with Gasteiger partial charge in [0, 0.05) is 24.3 Å². The van der Waals surface area contributed by atoms with Crippen LogP contribution in [0.4, 0.5) is 0 Å². The molecule has 3 heterocycles. The van der Waals surface area contributed by atoms with Crippen LogP contribution in [0.5, 0.6) is 11.5 Å². The number of hydrogen-bond acceptors (Lipinski definition) is 9. The number of ether oxygens (including phenoxy) is 4. The third-order valence-electron chi connectivity index (χ3n) is 9.37. The maximum atomic E-state index is 14.7. The second-order valence-electron chi connectivity index (χ2n) is 11.6. The highest BCUT2D eigenvalue weighted by Gasteiger charge is 2.75. The summed E-state index contributed by atoms with van der Waals surface area (Å²) < 4.78 is 23.2. The number of benzene rings is 3. The minimum absolute atomic E-state index is 0.291. The van der Waals surface area contributed by atoms with Crippen molar-refractivity contribution in [1.29, 1.82) is 0 Å². The van der Waals surface area contributed by atoms with E-state index in [0.29, 0.717) is 41.0 Å². The molecular formula is C34H32N2O7. The third kappa shape index (κ3) is 4.05. The first-order valence-electron chi connectivity index (χ1n) is 14.6. The molecule has 9 nitrogen and oxygen atoms in total. The Kier molecular flexibility index (Phi) is 6.49. The van der Waals surface area contributed by atoms with Crippen LogP contribution in [0.2, 0.25) is 0 Å². The van der Waals surface area contributed by atoms with Crippen molar-refractivity contribution in [2.75, 3.05) is 14.2 Å². The zero-order valence-corrected chi connectivity index (χ0v) is 24.0. The number of carbonyl (C=O) groups is 3. The summed E-state index contributed by atoms with van der Waals surface area (Å²) in [6.45, 7) is 0. The maximum absolute atomic E-state index is 14.7. The summed E-state index contributed by atoms with van der Waals surface area (Å²) in [5, 5.41) is 6.37. The summed E-state index contributed by atoms with van der Waals surface area (Å²) >= 11 is 0. The Morgan fingerprint density at radius 2 is 1.44 bits per heavy atom. The van der Waals surface area contributed by atoms with Crippen molar-refractivity contribution in [3.05, 3.63) is 95.1 Å². The zero-order chi connectivity index (χ0) is 29.8. The Balaban J connectivity index is 1.46. The largest absolute Gasteiger partial charge is 0.497 e. The fraction of sp³-hybridized carbons (Fsp3) is 0.353. The van der Waals surface area contributed by atoms with Gasteiger partial charge in [-0.15, -0.1) is 0 Å². The van der Waals surface area contributed by atoms with Crippen molar-refractivity contribution >= 4 is 23.9 Å². The van der Waals surface area contributed by atoms with Gasteiger partial charge in [0.05, 0.1) is 20.4 Å². The van der Waals surface area contributed by atoms with E-state index in [1.807, 2.05) is 24.3 Å². The quantitative estimate of drug-likeness (QED) is 0.231. The molecule has 4 aliphatic rings. The Hall–Kier alpha value is -4.66. The van der Waals surface area contributed by atoms with E-state index in [0.717, 1.165) is 24.8 Å². The second kappa shape index (κ2) is 10.3. The molecule has 0 radical (unpaired) electrons. The van der Waals surface area contributed by atoms with Crippen LogP contribution in [0.25, 0.3) is 0 Å². The normalized spacial score (nSPS) is 24.6. The van der Waals surface area contributed by atoms with Crippen LogP contribution < -0.4 is 9.47 Å². The first-order valence-corrected chi connectivity index (χ1v) is 14.6. The molecule has 3 aromatic carbocycles. The van der Waals surface area contributed by atoms with Crippen LogP contribution in [0.15, 0.2) is 77.9 Å². The topological polar surface area (TPSA) is 104 Å². The van der Waals surface area contributed by atoms with Gasteiger partial charge in [0.2, 0.25) is 5.41 Å². The molecule has 3 aliphatic heterocycles. The molecule has 0 amide bonds. The van der Waals surface area contributed by atoms with Gasteiger partial charge in [0.1, 0.15) is 23.6 Å². The number of carbonyl (C=O) groups excluding carboxylic acids is 3. The number of ketones is 1. The van der Waals surface area contributed by atoms with E-state index in [1.165, 1.54) is 0 Å². The summed E-state index contributed by atoms with van der Waals surface area (Å²) in [6.07, 6.45) is 5.13. The number of Topliss-reactive ketones (excluding diaryl/α,β-unsaturated/α-hetero) is 1. The lowest BCUT2D eigenvalue weighted by Gasteiger charge is -2.47. The molecule has 220 valence electrons. The number of fused-ring (bicyclic) bond motifs is 4. The SMILES string of the molecule is COc1ccc(C(=O)C2C(c3ccc(OC)cc3)C3(C(=O)OC4(CCCCC4)OC3=O)C3c4ccccc4C=NN23)cc1. The van der Waals surface area contributed by atoms with Gasteiger partial charge >= 0.3 is 11.9 Å². The van der Waals surface area contributed by atoms with Gasteiger partial charge in [-0.2, -0.15) is 5.10 Å². The van der Waals surface area contributed by atoms with E-state index in [9.17, 15) is 14.4 Å². The fourth-order valence-electron chi connectivity index (χ4n) is 7.31. The molecule has 2 spiro atoms. The van der Waals surface area contributed by atoms with Crippen molar-refractivity contribution in [1.82, 2.24) is 5.01 Å². The zero-order valence-electron chi connectivity index (χ0n) is 24.0. The van der Waals surface area contributed by atoms with Crippen molar-refractivity contribution < 1.29 is 33.3 Å². The molecule has 0 bridgehead atoms. The average Bonchev–Trinajstić information content (AvgIpc) is 3.36. The number of hydrazone groups is 1. The number of hydrogen-bond donors (Lipinski definition) is 0. The Morgan fingerprint density at radius 3 is 2.07 bits per heavy atom. The van der Waals surface area contributed by atoms with E-state index in [4.69, 9.17) is 24.0 Å². The number of esters is 2. The summed E-state index contributed by atoms with van der Waals surface area (Å²) in [6, 6.07) is 19.4. The molecule has 43 heavy (non-hydrogen) atoms. The lowest BCUT2D eigenvalue weighted by molar-refractivity contribution is -0.273. The van der Waals surface area contributed by atoms with E-state index < -0.39 is 41.1 Å². The van der Waals surface area contributed by atoms with E-state index in [2.05, 4.69) is 0 Å². The fourth-order valence-corrected chi connectivity index (χ4v) is 7.31. The monoisotopic (exact) mass is 580 g/mol. The Bertz CT molecular complexity index is 1590. The first kappa shape index (κ1) is 27.2. The van der Waals surface area contributed by atoms with Crippen molar-refractivity contribution in [3.8, 4) is 11.5 Å². The lowest BCUT2D eigenvalue weighted by Crippen LogP contribution is -2.60. The smallest absolute Gasteiger partial charge is 0.330 e. The van der Waals surface area contributed by atoms with Crippen LogP contribution in [0.3, 0.4) is 0 Å². The predicted molar refractivity (Wildman–Crippen MR) is 156 cm³/mol. The van der Waals surface area contributed by atoms with E-state index in [1.54, 1.807) is 74.0 Å². The summed E-state index contributed by atoms with van der Waals surface area (Å²) in [4.78, 5) is 44.0. The van der Waals surface area contributed by atoms with Crippen LogP contribution in [0, 0.1) is 5.41 Å². The second-order valence-corrected chi connectivity index (χ2v) is 11.6. The van der Waals surface area contributed by atoms with Crippen molar-refractivity contribution in [3.63, 3.8) is 0 Å². The average molecular weight is 581 g/mol. The van der Waals surface area contributed by atoms with Gasteiger partial charge in [-0.1, -0.05) is 42.8 Å². The van der Waals surface area contributed by atoms with Gasteiger partial charge < -0.3 is 18.9 Å². The molecular weight excluding hydrogens is 548 g/mol. The third-order valence-corrected chi connectivity index (χ3v) is 9.37. The van der Waals surface area contributed by atoms with E-state index >= 15 is 0 Å². The number of nitrogens with zero attached hydrogens (tertiary/aromatic N) is 2. The predicted octanol–water partition coefficient (Wildman–Crippen LogP) is 5.19. The molecule has 3 unspecified atom stereocenters. The molecule has 3 aromatic rings. The minimum Gasteiger partial charge on any atom is -0.497 e. The molecule has 1 saturated carbocycles. The number of rotatable bonds is 5. The van der Waals surface area contributed by atoms with Gasteiger partial charge in [-0.05, 0) is 65.9 Å². The standard InChI is InChI=1S/C34H32N2O7/c1-40-24-14-10-21(11-15-24)27-28(29(37)22-12-16-25(41-2)17-13-22)36-30(26-9-5-4-8-23(26)20-35-36)34(27)31(38)42-33(43-32(34)39)18-6-3-7-19-33/h4-5,8-17,20,27-28,30H,3,6-7,18-19H2,1-2H3. The van der Waals surface area contributed by atoms with Crippen LogP contribution in [-0.4, -0.2) is 55.0 Å². The summed E-state index contributed by atoms with van der Waals surface area (Å²) in [7, 11) is 3.12. The molecule has 0 aromatic heterocycles. The summed E-state index contributed by atoms with van der Waals surface area (Å²) in [5.41, 5.74) is 0.554. The van der Waals surface area contributed by atoms with Gasteiger partial charge in [0.15, 0.2) is 5.78 Å². The molecule has 3 atom stereocenters. The van der Waals surface area contributed by atoms with Gasteiger partial charge in [-0.3, -0.25) is 19.4 Å². The lowest BCUT2D eigenvalue weighted by atomic mass is 9.65. The van der Waals surface area contributed by atoms with Crippen LogP contribution in [0.1, 0.15) is 71.1 Å². The van der Waals surface area contributed by atoms with Gasteiger partial charge in [0.25, 0.3) is 5.79 Å². The minimum atomic E-state index is -1.90. The molecule has 2 saturated heterocycles. The van der Waals surface area contributed by atoms with Crippen molar-refractivity contribution in [2.45, 2.75) is 55.9 Å². The molecule has 3 fully saturated rings. The van der Waals surface area contributed by atoms with E-state index in [-0.39, 0.29) is 5.78 Å². The highest BCUT2D eigenvalue weighted by molar-refractivity contribution is 6.09. The summed E-state index contributed by atoms with van der Waals surface area (Å²) in [5.74, 6) is -2.72. The molecule has 9 heteroatoms. The van der Waals surface area contributed by atoms with Crippen LogP contribution in [-0.2, 0) is 19.1 Å². The number of methoxy groups -OCH3 is 2. The Morgan fingerprint density at radius 1 is 0.837 bits per heavy atom. The van der Waals surface area contributed by atoms with Crippen LogP contribution >= 0.6 is 0 Å².